The summed E-state index contributed by atoms with van der Waals surface area (Å²) in [5.74, 6) is 5.93. The Morgan fingerprint density at radius 3 is 3.00 bits per heavy atom. The molecule has 5 heteroatoms. The average molecular weight is 237 g/mol. The lowest BCUT2D eigenvalue weighted by atomic mass is 10.1. The third-order valence-corrected chi connectivity index (χ3v) is 2.28. The average Bonchev–Trinajstić information content (AvgIpc) is 2.28. The van der Waals surface area contributed by atoms with Crippen LogP contribution in [-0.2, 0) is 9.63 Å². The molecule has 1 aliphatic heterocycles. The molecule has 0 aromatic heterocycles. The van der Waals surface area contributed by atoms with E-state index in [0.717, 1.165) is 5.71 Å². The second kappa shape index (κ2) is 6.92. The zero-order valence-corrected chi connectivity index (χ0v) is 10.5. The van der Waals surface area contributed by atoms with Crippen LogP contribution >= 0.6 is 0 Å². The molecule has 1 fully saturated rings. The van der Waals surface area contributed by atoms with Crippen molar-refractivity contribution in [1.29, 1.82) is 0 Å². The Bertz CT molecular complexity index is 352. The minimum atomic E-state index is -0.0250. The van der Waals surface area contributed by atoms with Crippen molar-refractivity contribution in [2.45, 2.75) is 26.8 Å². The second-order valence-electron chi connectivity index (χ2n) is 4.20. The Labute approximate surface area is 102 Å². The minimum Gasteiger partial charge on any atom is -0.393 e. The predicted molar refractivity (Wildman–Crippen MR) is 66.5 cm³/mol. The van der Waals surface area contributed by atoms with Gasteiger partial charge in [-0.05, 0) is 12.8 Å². The number of carbonyl (C=O) groups is 1. The SMILES string of the molecule is CC#C/C(=N\OC[C@@H]1CNCC(=O)N1)C(C)C. The molecule has 0 aromatic rings. The highest BCUT2D eigenvalue weighted by atomic mass is 16.6. The molecule has 0 aliphatic carbocycles. The summed E-state index contributed by atoms with van der Waals surface area (Å²) < 4.78 is 0. The number of nitrogens with zero attached hydrogens (tertiary/aromatic N) is 1. The van der Waals surface area contributed by atoms with E-state index in [0.29, 0.717) is 19.7 Å². The smallest absolute Gasteiger partial charge is 0.234 e. The van der Waals surface area contributed by atoms with E-state index in [1.807, 2.05) is 13.8 Å². The van der Waals surface area contributed by atoms with Crippen LogP contribution in [0.25, 0.3) is 0 Å². The summed E-state index contributed by atoms with van der Waals surface area (Å²) in [5, 5.41) is 9.82. The van der Waals surface area contributed by atoms with Gasteiger partial charge in [-0.1, -0.05) is 24.9 Å². The molecule has 1 amide bonds. The van der Waals surface area contributed by atoms with Gasteiger partial charge < -0.3 is 15.5 Å². The van der Waals surface area contributed by atoms with Crippen molar-refractivity contribution in [3.8, 4) is 11.8 Å². The highest BCUT2D eigenvalue weighted by Gasteiger charge is 2.17. The van der Waals surface area contributed by atoms with Gasteiger partial charge in [0, 0.05) is 12.5 Å². The molecule has 94 valence electrons. The lowest BCUT2D eigenvalue weighted by molar-refractivity contribution is -0.122. The van der Waals surface area contributed by atoms with Crippen molar-refractivity contribution in [2.75, 3.05) is 19.7 Å². The van der Waals surface area contributed by atoms with Crippen LogP contribution in [0.1, 0.15) is 20.8 Å². The van der Waals surface area contributed by atoms with Crippen LogP contribution in [0, 0.1) is 17.8 Å². The van der Waals surface area contributed by atoms with Gasteiger partial charge in [0.1, 0.15) is 12.3 Å². The van der Waals surface area contributed by atoms with Crippen molar-refractivity contribution in [2.24, 2.45) is 11.1 Å². The number of carbonyl (C=O) groups excluding carboxylic acids is 1. The van der Waals surface area contributed by atoms with E-state index < -0.39 is 0 Å². The van der Waals surface area contributed by atoms with E-state index in [9.17, 15) is 4.79 Å². The maximum absolute atomic E-state index is 11.1. The van der Waals surface area contributed by atoms with Crippen LogP contribution < -0.4 is 10.6 Å². The molecule has 0 unspecified atom stereocenters. The molecule has 0 spiro atoms. The van der Waals surface area contributed by atoms with E-state index >= 15 is 0 Å². The standard InChI is InChI=1S/C12H19N3O2/c1-4-5-11(9(2)3)15-17-8-10-6-13-7-12(16)14-10/h9-10,13H,6-8H2,1-3H3,(H,14,16)/b15-11+/t10-/m0/s1. The van der Waals surface area contributed by atoms with E-state index in [2.05, 4.69) is 27.6 Å². The van der Waals surface area contributed by atoms with E-state index in [-0.39, 0.29) is 17.9 Å². The van der Waals surface area contributed by atoms with Crippen LogP contribution in [0.2, 0.25) is 0 Å². The first-order valence-corrected chi connectivity index (χ1v) is 5.76. The number of nitrogens with one attached hydrogen (secondary N) is 2. The molecule has 1 heterocycles. The number of hydrogen-bond acceptors (Lipinski definition) is 4. The molecule has 0 radical (unpaired) electrons. The van der Waals surface area contributed by atoms with Gasteiger partial charge in [0.2, 0.25) is 5.91 Å². The van der Waals surface area contributed by atoms with Crippen LogP contribution in [-0.4, -0.2) is 37.4 Å². The Balaban J connectivity index is 2.40. The molecule has 2 N–H and O–H groups in total. The lowest BCUT2D eigenvalue weighted by Gasteiger charge is -2.22. The van der Waals surface area contributed by atoms with Crippen LogP contribution in [0.4, 0.5) is 0 Å². The third kappa shape index (κ3) is 4.87. The molecule has 0 bridgehead atoms. The third-order valence-electron chi connectivity index (χ3n) is 2.28. The molecule has 1 rings (SSSR count). The predicted octanol–water partition coefficient (Wildman–Crippen LogP) is 0.126. The highest BCUT2D eigenvalue weighted by Crippen LogP contribution is 1.98. The molecule has 1 aliphatic rings. The van der Waals surface area contributed by atoms with Gasteiger partial charge in [0.05, 0.1) is 12.6 Å². The van der Waals surface area contributed by atoms with E-state index in [1.54, 1.807) is 6.92 Å². The highest BCUT2D eigenvalue weighted by molar-refractivity contribution is 6.01. The normalized spacial score (nSPS) is 20.6. The molecular formula is C12H19N3O2. The van der Waals surface area contributed by atoms with Gasteiger partial charge in [-0.25, -0.2) is 0 Å². The Morgan fingerprint density at radius 1 is 1.65 bits per heavy atom. The molecule has 1 atom stereocenters. The number of hydrogen-bond donors (Lipinski definition) is 2. The Kier molecular flexibility index (Phi) is 5.50. The van der Waals surface area contributed by atoms with Crippen LogP contribution in [0.5, 0.6) is 0 Å². The maximum Gasteiger partial charge on any atom is 0.234 e. The monoisotopic (exact) mass is 237 g/mol. The van der Waals surface area contributed by atoms with E-state index in [1.165, 1.54) is 0 Å². The molecule has 5 nitrogen and oxygen atoms in total. The number of piperazine rings is 1. The first kappa shape index (κ1) is 13.5. The van der Waals surface area contributed by atoms with Gasteiger partial charge in [-0.2, -0.15) is 0 Å². The molecule has 0 saturated carbocycles. The quantitative estimate of drug-likeness (QED) is 0.415. The van der Waals surface area contributed by atoms with Gasteiger partial charge in [-0.15, -0.1) is 0 Å². The zero-order valence-electron chi connectivity index (χ0n) is 10.5. The summed E-state index contributed by atoms with van der Waals surface area (Å²) in [6.45, 7) is 7.23. The molecule has 1 saturated heterocycles. The Morgan fingerprint density at radius 2 is 2.41 bits per heavy atom. The summed E-state index contributed by atoms with van der Waals surface area (Å²) in [6, 6.07) is -0.0250. The molecule has 0 aromatic carbocycles. The summed E-state index contributed by atoms with van der Waals surface area (Å²) in [6.07, 6.45) is 0. The van der Waals surface area contributed by atoms with Gasteiger partial charge in [0.25, 0.3) is 0 Å². The minimum absolute atomic E-state index is 0.00809. The fourth-order valence-corrected chi connectivity index (χ4v) is 1.39. The number of rotatable bonds is 4. The summed E-state index contributed by atoms with van der Waals surface area (Å²) in [4.78, 5) is 16.3. The summed E-state index contributed by atoms with van der Waals surface area (Å²) in [5.41, 5.74) is 0.725. The van der Waals surface area contributed by atoms with Crippen molar-refractivity contribution < 1.29 is 9.63 Å². The first-order chi connectivity index (χ1) is 8.13. The van der Waals surface area contributed by atoms with Crippen molar-refractivity contribution in [3.05, 3.63) is 0 Å². The largest absolute Gasteiger partial charge is 0.393 e. The first-order valence-electron chi connectivity index (χ1n) is 5.76. The Hall–Kier alpha value is -1.54. The van der Waals surface area contributed by atoms with E-state index in [4.69, 9.17) is 4.84 Å². The maximum atomic E-state index is 11.1. The van der Waals surface area contributed by atoms with Crippen molar-refractivity contribution in [3.63, 3.8) is 0 Å². The van der Waals surface area contributed by atoms with Gasteiger partial charge >= 0.3 is 0 Å². The van der Waals surface area contributed by atoms with Gasteiger partial charge in [0.15, 0.2) is 0 Å². The lowest BCUT2D eigenvalue weighted by Crippen LogP contribution is -2.53. The fraction of sp³-hybridized carbons (Fsp3) is 0.667. The zero-order chi connectivity index (χ0) is 12.7. The summed E-state index contributed by atoms with van der Waals surface area (Å²) in [7, 11) is 0. The van der Waals surface area contributed by atoms with Crippen LogP contribution in [0.3, 0.4) is 0 Å². The van der Waals surface area contributed by atoms with Crippen molar-refractivity contribution in [1.82, 2.24) is 10.6 Å². The topological polar surface area (TPSA) is 62.7 Å². The second-order valence-corrected chi connectivity index (χ2v) is 4.20. The summed E-state index contributed by atoms with van der Waals surface area (Å²) >= 11 is 0. The van der Waals surface area contributed by atoms with Crippen LogP contribution in [0.15, 0.2) is 5.16 Å². The number of amides is 1. The molecule has 17 heavy (non-hydrogen) atoms. The number of oxime groups is 1. The fourth-order valence-electron chi connectivity index (χ4n) is 1.39. The van der Waals surface area contributed by atoms with Crippen molar-refractivity contribution >= 4 is 11.6 Å². The molecular weight excluding hydrogens is 218 g/mol. The van der Waals surface area contributed by atoms with Gasteiger partial charge in [-0.3, -0.25) is 4.79 Å².